The molecule has 0 atom stereocenters. The summed E-state index contributed by atoms with van der Waals surface area (Å²) in [4.78, 5) is 25.4. The second kappa shape index (κ2) is 5.56. The largest absolute Gasteiger partial charge is 0.497 e. The van der Waals surface area contributed by atoms with Gasteiger partial charge in [-0.2, -0.15) is 0 Å². The number of carbonyl (C=O) groups is 2. The number of methoxy groups -OCH3 is 1. The van der Waals surface area contributed by atoms with Crippen LogP contribution in [0.15, 0.2) is 36.0 Å². The number of amides is 1. The smallest absolute Gasteiger partial charge is 0.269 e. The highest BCUT2D eigenvalue weighted by Crippen LogP contribution is 2.13. The van der Waals surface area contributed by atoms with Gasteiger partial charge in [0.25, 0.3) is 5.91 Å². The van der Waals surface area contributed by atoms with E-state index in [4.69, 9.17) is 4.74 Å². The number of nitrogens with one attached hydrogen (secondary N) is 1. The second-order valence-corrected chi connectivity index (χ2v) is 4.30. The highest BCUT2D eigenvalue weighted by Gasteiger charge is 2.20. The molecule has 1 fully saturated rings. The molecule has 0 aliphatic carbocycles. The molecule has 0 spiro atoms. The predicted molar refractivity (Wildman–Crippen MR) is 71.0 cm³/mol. The molecule has 1 amide bonds. The van der Waals surface area contributed by atoms with Gasteiger partial charge in [-0.3, -0.25) is 9.59 Å². The molecule has 1 aromatic rings. The van der Waals surface area contributed by atoms with Crippen molar-refractivity contribution in [2.24, 2.45) is 0 Å². The zero-order valence-electron chi connectivity index (χ0n) is 11.0. The van der Waals surface area contributed by atoms with Crippen LogP contribution in [0.25, 0.3) is 0 Å². The topological polar surface area (TPSA) is 58.6 Å². The quantitative estimate of drug-likeness (QED) is 0.646. The van der Waals surface area contributed by atoms with Gasteiger partial charge in [0, 0.05) is 31.8 Å². The van der Waals surface area contributed by atoms with E-state index in [1.54, 1.807) is 43.3 Å². The summed E-state index contributed by atoms with van der Waals surface area (Å²) >= 11 is 0. The molecule has 0 saturated carbocycles. The first-order valence-electron chi connectivity index (χ1n) is 6.01. The number of ketones is 1. The van der Waals surface area contributed by atoms with Crippen molar-refractivity contribution >= 4 is 11.7 Å². The summed E-state index contributed by atoms with van der Waals surface area (Å²) in [5.74, 6) is 0.331. The average Bonchev–Trinajstić information content (AvgIpc) is 2.44. The maximum atomic E-state index is 12.0. The number of nitrogens with zero attached hydrogens (tertiary/aromatic N) is 1. The maximum absolute atomic E-state index is 12.0. The zero-order valence-corrected chi connectivity index (χ0v) is 11.0. The van der Waals surface area contributed by atoms with Gasteiger partial charge in [-0.1, -0.05) is 0 Å². The number of hydrogen-bond acceptors (Lipinski definition) is 4. The van der Waals surface area contributed by atoms with Crippen molar-refractivity contribution in [1.82, 2.24) is 10.2 Å². The monoisotopic (exact) mass is 260 g/mol. The van der Waals surface area contributed by atoms with Crippen molar-refractivity contribution in [3.63, 3.8) is 0 Å². The van der Waals surface area contributed by atoms with Crippen molar-refractivity contribution in [2.45, 2.75) is 0 Å². The average molecular weight is 260 g/mol. The Kier molecular flexibility index (Phi) is 3.85. The fourth-order valence-electron chi connectivity index (χ4n) is 1.82. The summed E-state index contributed by atoms with van der Waals surface area (Å²) in [6.07, 6.45) is 1.35. The molecule has 2 rings (SSSR count). The third-order valence-electron chi connectivity index (χ3n) is 2.99. The molecular formula is C14H16N2O3. The van der Waals surface area contributed by atoms with E-state index in [1.807, 2.05) is 0 Å². The van der Waals surface area contributed by atoms with Crippen LogP contribution in [0.5, 0.6) is 5.75 Å². The molecule has 0 unspecified atom stereocenters. The lowest BCUT2D eigenvalue weighted by Crippen LogP contribution is -2.44. The molecule has 1 heterocycles. The molecule has 100 valence electrons. The van der Waals surface area contributed by atoms with E-state index >= 15 is 0 Å². The summed E-state index contributed by atoms with van der Waals surface area (Å²) in [5, 5.41) is 2.95. The van der Waals surface area contributed by atoms with Crippen LogP contribution in [0.1, 0.15) is 10.4 Å². The summed E-state index contributed by atoms with van der Waals surface area (Å²) in [5.41, 5.74) is 0.866. The van der Waals surface area contributed by atoms with Gasteiger partial charge in [-0.05, 0) is 24.3 Å². The zero-order chi connectivity index (χ0) is 13.8. The van der Waals surface area contributed by atoms with Crippen LogP contribution in [0.3, 0.4) is 0 Å². The van der Waals surface area contributed by atoms with Crippen molar-refractivity contribution in [2.75, 3.05) is 27.2 Å². The predicted octanol–water partition coefficient (Wildman–Crippen LogP) is 0.823. The minimum Gasteiger partial charge on any atom is -0.497 e. The second-order valence-electron chi connectivity index (χ2n) is 4.30. The van der Waals surface area contributed by atoms with Gasteiger partial charge in [-0.15, -0.1) is 0 Å². The minimum atomic E-state index is -0.200. The Balaban J connectivity index is 2.17. The number of likely N-dealkylation sites (N-methyl/N-ethyl adjacent to an activating group) is 1. The fraction of sp³-hybridized carbons (Fsp3) is 0.286. The van der Waals surface area contributed by atoms with E-state index in [1.165, 1.54) is 6.08 Å². The van der Waals surface area contributed by atoms with Crippen molar-refractivity contribution in [3.8, 4) is 5.75 Å². The standard InChI is InChI=1S/C14H16N2O3/c1-16-8-7-15-12(14(16)18)9-13(17)10-3-5-11(19-2)6-4-10/h3-6,9,15H,7-8H2,1-2H3/b12-9-. The van der Waals surface area contributed by atoms with Gasteiger partial charge < -0.3 is 15.0 Å². The van der Waals surface area contributed by atoms with Crippen LogP contribution in [0.4, 0.5) is 0 Å². The van der Waals surface area contributed by atoms with E-state index in [0.717, 1.165) is 0 Å². The summed E-state index contributed by atoms with van der Waals surface area (Å²) in [6.45, 7) is 1.30. The fourth-order valence-corrected chi connectivity index (χ4v) is 1.82. The van der Waals surface area contributed by atoms with Gasteiger partial charge in [0.2, 0.25) is 0 Å². The van der Waals surface area contributed by atoms with Gasteiger partial charge >= 0.3 is 0 Å². The lowest BCUT2D eigenvalue weighted by molar-refractivity contribution is -0.127. The number of hydrogen-bond donors (Lipinski definition) is 1. The van der Waals surface area contributed by atoms with E-state index < -0.39 is 0 Å². The van der Waals surface area contributed by atoms with E-state index in [0.29, 0.717) is 30.1 Å². The number of allylic oxidation sites excluding steroid dienone is 1. The maximum Gasteiger partial charge on any atom is 0.269 e. The number of rotatable bonds is 3. The Bertz CT molecular complexity index is 520. The molecule has 19 heavy (non-hydrogen) atoms. The van der Waals surface area contributed by atoms with Crippen LogP contribution in [-0.2, 0) is 4.79 Å². The molecule has 0 aromatic heterocycles. The Morgan fingerprint density at radius 1 is 1.37 bits per heavy atom. The first kappa shape index (κ1) is 13.1. The molecule has 1 aliphatic heterocycles. The summed E-state index contributed by atoms with van der Waals surface area (Å²) in [6, 6.07) is 6.78. The first-order valence-corrected chi connectivity index (χ1v) is 6.01. The summed E-state index contributed by atoms with van der Waals surface area (Å²) in [7, 11) is 3.29. The molecule has 1 aliphatic rings. The van der Waals surface area contributed by atoms with Crippen LogP contribution < -0.4 is 10.1 Å². The highest BCUT2D eigenvalue weighted by atomic mass is 16.5. The number of piperazine rings is 1. The van der Waals surface area contributed by atoms with Crippen LogP contribution >= 0.6 is 0 Å². The third kappa shape index (κ3) is 2.93. The van der Waals surface area contributed by atoms with Crippen molar-refractivity contribution in [3.05, 3.63) is 41.6 Å². The Hall–Kier alpha value is -2.30. The van der Waals surface area contributed by atoms with Crippen LogP contribution in [0, 0.1) is 0 Å². The molecular weight excluding hydrogens is 244 g/mol. The van der Waals surface area contributed by atoms with Crippen LogP contribution in [0.2, 0.25) is 0 Å². The van der Waals surface area contributed by atoms with Gasteiger partial charge in [0.15, 0.2) is 5.78 Å². The third-order valence-corrected chi connectivity index (χ3v) is 2.99. The number of carbonyl (C=O) groups excluding carboxylic acids is 2. The molecule has 1 saturated heterocycles. The Morgan fingerprint density at radius 3 is 2.68 bits per heavy atom. The van der Waals surface area contributed by atoms with Gasteiger partial charge in [0.05, 0.1) is 7.11 Å². The highest BCUT2D eigenvalue weighted by molar-refractivity contribution is 6.09. The molecule has 1 aromatic carbocycles. The number of benzene rings is 1. The van der Waals surface area contributed by atoms with Crippen LogP contribution in [-0.4, -0.2) is 43.8 Å². The number of ether oxygens (including phenoxy) is 1. The molecule has 5 nitrogen and oxygen atoms in total. The lowest BCUT2D eigenvalue weighted by atomic mass is 10.1. The van der Waals surface area contributed by atoms with Crippen molar-refractivity contribution in [1.29, 1.82) is 0 Å². The molecule has 1 N–H and O–H groups in total. The molecule has 0 bridgehead atoms. The van der Waals surface area contributed by atoms with E-state index in [9.17, 15) is 9.59 Å². The molecule has 5 heteroatoms. The minimum absolute atomic E-state index is 0.159. The normalized spacial score (nSPS) is 17.3. The van der Waals surface area contributed by atoms with Crippen molar-refractivity contribution < 1.29 is 14.3 Å². The van der Waals surface area contributed by atoms with Gasteiger partial charge in [-0.25, -0.2) is 0 Å². The van der Waals surface area contributed by atoms with E-state index in [2.05, 4.69) is 5.32 Å². The SMILES string of the molecule is COc1ccc(C(=O)/C=C2\NCCN(C)C2=O)cc1. The summed E-state index contributed by atoms with van der Waals surface area (Å²) < 4.78 is 5.03. The Morgan fingerprint density at radius 2 is 2.05 bits per heavy atom. The first-order chi connectivity index (χ1) is 9.11. The van der Waals surface area contributed by atoms with Gasteiger partial charge in [0.1, 0.15) is 11.4 Å². The lowest BCUT2D eigenvalue weighted by Gasteiger charge is -2.25. The Labute approximate surface area is 111 Å². The molecule has 0 radical (unpaired) electrons. The van der Waals surface area contributed by atoms with E-state index in [-0.39, 0.29) is 11.7 Å².